The number of aryl methyl sites for hydroxylation is 1. The molecule has 1 saturated heterocycles. The Balaban J connectivity index is 1.85. The Bertz CT molecular complexity index is 1010. The summed E-state index contributed by atoms with van der Waals surface area (Å²) in [4.78, 5) is 31.4. The van der Waals surface area contributed by atoms with Crippen LogP contribution in [-0.4, -0.2) is 66.9 Å². The van der Waals surface area contributed by atoms with E-state index >= 15 is 0 Å². The summed E-state index contributed by atoms with van der Waals surface area (Å²) in [6.45, 7) is 3.06. The van der Waals surface area contributed by atoms with Crippen LogP contribution in [0.4, 0.5) is 0 Å². The van der Waals surface area contributed by atoms with E-state index < -0.39 is 16.1 Å². The SMILES string of the molecule is Cc1ccc(C(=O)N2CCCN(S(C)(=O)=O)C(c3ccccc3)CC(=O)NCC2)cn1. The smallest absolute Gasteiger partial charge is 0.255 e. The summed E-state index contributed by atoms with van der Waals surface area (Å²) in [5, 5.41) is 2.83. The lowest BCUT2D eigenvalue weighted by molar-refractivity contribution is -0.122. The van der Waals surface area contributed by atoms with Crippen LogP contribution in [0.15, 0.2) is 48.7 Å². The fourth-order valence-corrected chi connectivity index (χ4v) is 4.82. The molecule has 9 heteroatoms. The van der Waals surface area contributed by atoms with Gasteiger partial charge in [-0.25, -0.2) is 8.42 Å². The maximum Gasteiger partial charge on any atom is 0.255 e. The summed E-state index contributed by atoms with van der Waals surface area (Å²) in [5.74, 6) is -0.444. The van der Waals surface area contributed by atoms with Crippen LogP contribution in [0.3, 0.4) is 0 Å². The van der Waals surface area contributed by atoms with E-state index in [4.69, 9.17) is 0 Å². The van der Waals surface area contributed by atoms with Crippen LogP contribution < -0.4 is 5.32 Å². The van der Waals surface area contributed by atoms with Crippen molar-refractivity contribution in [3.63, 3.8) is 0 Å². The number of sulfonamides is 1. The second-order valence-electron chi connectivity index (χ2n) is 7.69. The number of amides is 2. The minimum atomic E-state index is -3.58. The van der Waals surface area contributed by atoms with E-state index in [0.717, 1.165) is 17.5 Å². The first-order chi connectivity index (χ1) is 14.8. The average Bonchev–Trinajstić information content (AvgIpc) is 2.77. The van der Waals surface area contributed by atoms with Gasteiger partial charge in [-0.3, -0.25) is 14.6 Å². The third-order valence-corrected chi connectivity index (χ3v) is 6.58. The number of hydrogen-bond acceptors (Lipinski definition) is 5. The van der Waals surface area contributed by atoms with Crippen LogP contribution in [0.5, 0.6) is 0 Å². The van der Waals surface area contributed by atoms with Crippen molar-refractivity contribution in [1.29, 1.82) is 0 Å². The number of benzene rings is 1. The van der Waals surface area contributed by atoms with E-state index in [1.54, 1.807) is 17.0 Å². The van der Waals surface area contributed by atoms with E-state index in [1.807, 2.05) is 37.3 Å². The summed E-state index contributed by atoms with van der Waals surface area (Å²) in [6.07, 6.45) is 3.17. The maximum absolute atomic E-state index is 12.9. The average molecular weight is 445 g/mol. The number of nitrogens with one attached hydrogen (secondary N) is 1. The van der Waals surface area contributed by atoms with Crippen LogP contribution in [0, 0.1) is 6.92 Å². The number of rotatable bonds is 3. The lowest BCUT2D eigenvalue weighted by atomic mass is 10.0. The highest BCUT2D eigenvalue weighted by Crippen LogP contribution is 2.27. The normalized spacial score (nSPS) is 19.4. The third-order valence-electron chi connectivity index (χ3n) is 5.29. The topological polar surface area (TPSA) is 99.7 Å². The van der Waals surface area contributed by atoms with Crippen molar-refractivity contribution in [3.05, 3.63) is 65.5 Å². The first-order valence-corrected chi connectivity index (χ1v) is 12.1. The number of carbonyl (C=O) groups excluding carboxylic acids is 2. The number of pyridine rings is 1. The third kappa shape index (κ3) is 6.11. The van der Waals surface area contributed by atoms with Crippen molar-refractivity contribution in [2.24, 2.45) is 0 Å². The molecule has 3 rings (SSSR count). The van der Waals surface area contributed by atoms with E-state index in [9.17, 15) is 18.0 Å². The zero-order valence-corrected chi connectivity index (χ0v) is 18.6. The van der Waals surface area contributed by atoms with Gasteiger partial charge in [-0.05, 0) is 31.0 Å². The molecular weight excluding hydrogens is 416 g/mol. The van der Waals surface area contributed by atoms with Crippen LogP contribution >= 0.6 is 0 Å². The number of nitrogens with zero attached hydrogens (tertiary/aromatic N) is 3. The molecule has 0 bridgehead atoms. The van der Waals surface area contributed by atoms with Crippen molar-refractivity contribution < 1.29 is 18.0 Å². The highest BCUT2D eigenvalue weighted by atomic mass is 32.2. The maximum atomic E-state index is 12.9. The lowest BCUT2D eigenvalue weighted by Crippen LogP contribution is -2.39. The first-order valence-electron chi connectivity index (χ1n) is 10.3. The number of hydrogen-bond donors (Lipinski definition) is 1. The fraction of sp³-hybridized carbons (Fsp3) is 0.409. The molecule has 0 spiro atoms. The molecule has 0 radical (unpaired) electrons. The Morgan fingerprint density at radius 1 is 1.10 bits per heavy atom. The molecule has 0 aliphatic carbocycles. The minimum absolute atomic E-state index is 0.0207. The van der Waals surface area contributed by atoms with E-state index in [-0.39, 0.29) is 24.8 Å². The zero-order chi connectivity index (χ0) is 22.4. The van der Waals surface area contributed by atoms with Gasteiger partial charge in [0, 0.05) is 44.5 Å². The van der Waals surface area contributed by atoms with Crippen molar-refractivity contribution in [1.82, 2.24) is 19.5 Å². The molecule has 1 aromatic carbocycles. The summed E-state index contributed by atoms with van der Waals surface area (Å²) >= 11 is 0. The fourth-order valence-electron chi connectivity index (χ4n) is 3.70. The molecule has 1 unspecified atom stereocenters. The van der Waals surface area contributed by atoms with Gasteiger partial charge in [0.05, 0.1) is 17.9 Å². The Morgan fingerprint density at radius 3 is 2.48 bits per heavy atom. The van der Waals surface area contributed by atoms with Gasteiger partial charge >= 0.3 is 0 Å². The van der Waals surface area contributed by atoms with Crippen molar-refractivity contribution in [3.8, 4) is 0 Å². The van der Waals surface area contributed by atoms with Gasteiger partial charge in [0.1, 0.15) is 0 Å². The van der Waals surface area contributed by atoms with Gasteiger partial charge in [-0.15, -0.1) is 0 Å². The largest absolute Gasteiger partial charge is 0.354 e. The second kappa shape index (κ2) is 10.0. The van der Waals surface area contributed by atoms with Gasteiger partial charge in [0.15, 0.2) is 0 Å². The van der Waals surface area contributed by atoms with E-state index in [0.29, 0.717) is 31.6 Å². The zero-order valence-electron chi connectivity index (χ0n) is 17.8. The van der Waals surface area contributed by atoms with E-state index in [2.05, 4.69) is 10.3 Å². The van der Waals surface area contributed by atoms with Crippen LogP contribution in [0.1, 0.15) is 40.5 Å². The molecule has 1 aromatic heterocycles. The van der Waals surface area contributed by atoms with Gasteiger partial charge < -0.3 is 10.2 Å². The Morgan fingerprint density at radius 2 is 1.84 bits per heavy atom. The standard InChI is InChI=1S/C22H28N4O4S/c1-17-9-10-19(16-24-17)22(28)25-12-6-13-26(31(2,29)30)20(15-21(27)23-11-14-25)18-7-4-3-5-8-18/h3-5,7-10,16,20H,6,11-15H2,1-2H3,(H,23,27). The monoisotopic (exact) mass is 444 g/mol. The molecule has 166 valence electrons. The Labute approximate surface area is 183 Å². The molecule has 31 heavy (non-hydrogen) atoms. The summed E-state index contributed by atoms with van der Waals surface area (Å²) in [5.41, 5.74) is 2.05. The molecule has 1 aliphatic heterocycles. The molecular formula is C22H28N4O4S. The minimum Gasteiger partial charge on any atom is -0.354 e. The van der Waals surface area contributed by atoms with Gasteiger partial charge in [0.2, 0.25) is 15.9 Å². The molecule has 1 N–H and O–H groups in total. The molecule has 1 fully saturated rings. The van der Waals surface area contributed by atoms with E-state index in [1.165, 1.54) is 10.5 Å². The quantitative estimate of drug-likeness (QED) is 0.777. The van der Waals surface area contributed by atoms with Crippen LogP contribution in [0.25, 0.3) is 0 Å². The summed E-state index contributed by atoms with van der Waals surface area (Å²) < 4.78 is 26.6. The summed E-state index contributed by atoms with van der Waals surface area (Å²) in [7, 11) is -3.58. The molecule has 8 nitrogen and oxygen atoms in total. The molecule has 2 heterocycles. The van der Waals surface area contributed by atoms with Crippen molar-refractivity contribution >= 4 is 21.8 Å². The highest BCUT2D eigenvalue weighted by Gasteiger charge is 2.30. The lowest BCUT2D eigenvalue weighted by Gasteiger charge is -2.30. The molecule has 0 saturated carbocycles. The molecule has 1 atom stereocenters. The second-order valence-corrected chi connectivity index (χ2v) is 9.62. The number of carbonyl (C=O) groups is 2. The number of aromatic nitrogens is 1. The van der Waals surface area contributed by atoms with Crippen molar-refractivity contribution in [2.45, 2.75) is 25.8 Å². The Hall–Kier alpha value is -2.78. The highest BCUT2D eigenvalue weighted by molar-refractivity contribution is 7.88. The molecule has 2 amide bonds. The van der Waals surface area contributed by atoms with Crippen molar-refractivity contribution in [2.75, 3.05) is 32.4 Å². The van der Waals surface area contributed by atoms with Crippen LogP contribution in [-0.2, 0) is 14.8 Å². The van der Waals surface area contributed by atoms with Crippen LogP contribution in [0.2, 0.25) is 0 Å². The predicted molar refractivity (Wildman–Crippen MR) is 118 cm³/mol. The van der Waals surface area contributed by atoms with Gasteiger partial charge in [-0.1, -0.05) is 30.3 Å². The van der Waals surface area contributed by atoms with Gasteiger partial charge in [0.25, 0.3) is 5.91 Å². The predicted octanol–water partition coefficient (Wildman–Crippen LogP) is 1.75. The first kappa shape index (κ1) is 22.9. The molecule has 1 aliphatic rings. The van der Waals surface area contributed by atoms with Gasteiger partial charge in [-0.2, -0.15) is 4.31 Å². The summed E-state index contributed by atoms with van der Waals surface area (Å²) in [6, 6.07) is 12.1. The Kier molecular flexibility index (Phi) is 7.40. The molecule has 2 aromatic rings.